The smallest absolute Gasteiger partial charge is 0.270 e. The highest BCUT2D eigenvalue weighted by Gasteiger charge is 2.13. The van der Waals surface area contributed by atoms with Gasteiger partial charge in [0, 0.05) is 24.4 Å². The molecule has 0 aliphatic carbocycles. The maximum Gasteiger partial charge on any atom is 0.270 e. The molecule has 0 saturated heterocycles. The summed E-state index contributed by atoms with van der Waals surface area (Å²) in [5.74, 6) is -0.530. The van der Waals surface area contributed by atoms with Crippen LogP contribution in [0.5, 0.6) is 0 Å². The second-order valence-electron chi connectivity index (χ2n) is 4.82. The molecule has 1 aromatic carbocycles. The normalized spacial score (nSPS) is 12.1. The molecule has 4 nitrogen and oxygen atoms in total. The van der Waals surface area contributed by atoms with Crippen molar-refractivity contribution in [2.75, 3.05) is 6.61 Å². The van der Waals surface area contributed by atoms with Gasteiger partial charge in [-0.2, -0.15) is 0 Å². The molecule has 1 amide bonds. The predicted molar refractivity (Wildman–Crippen MR) is 80.0 cm³/mol. The van der Waals surface area contributed by atoms with Gasteiger partial charge in [0.25, 0.3) is 5.91 Å². The summed E-state index contributed by atoms with van der Waals surface area (Å²) < 4.78 is 13.1. The molecule has 1 unspecified atom stereocenters. The van der Waals surface area contributed by atoms with E-state index in [0.29, 0.717) is 18.5 Å². The second-order valence-corrected chi connectivity index (χ2v) is 5.76. The van der Waals surface area contributed by atoms with Crippen molar-refractivity contribution in [3.8, 4) is 0 Å². The summed E-state index contributed by atoms with van der Waals surface area (Å²) in [6.07, 6.45) is 1.01. The zero-order chi connectivity index (χ0) is 15.2. The van der Waals surface area contributed by atoms with E-state index in [4.69, 9.17) is 5.11 Å². The molecule has 2 aromatic rings. The van der Waals surface area contributed by atoms with Crippen LogP contribution in [0.1, 0.15) is 34.4 Å². The molecule has 0 spiro atoms. The monoisotopic (exact) mass is 308 g/mol. The van der Waals surface area contributed by atoms with E-state index in [9.17, 15) is 9.18 Å². The molecule has 0 aliphatic heterocycles. The molecule has 112 valence electrons. The largest absolute Gasteiger partial charge is 0.396 e. The lowest BCUT2D eigenvalue weighted by Crippen LogP contribution is -2.33. The van der Waals surface area contributed by atoms with E-state index in [1.165, 1.54) is 23.5 Å². The lowest BCUT2D eigenvalue weighted by Gasteiger charge is -2.10. The van der Waals surface area contributed by atoms with E-state index >= 15 is 0 Å². The highest BCUT2D eigenvalue weighted by atomic mass is 32.1. The predicted octanol–water partition coefficient (Wildman–Crippen LogP) is 2.37. The van der Waals surface area contributed by atoms with Crippen molar-refractivity contribution in [3.63, 3.8) is 0 Å². The summed E-state index contributed by atoms with van der Waals surface area (Å²) >= 11 is 1.38. The molecule has 2 N–H and O–H groups in total. The summed E-state index contributed by atoms with van der Waals surface area (Å²) in [6, 6.07) is 6.24. The second kappa shape index (κ2) is 7.28. The van der Waals surface area contributed by atoms with Gasteiger partial charge < -0.3 is 10.4 Å². The molecule has 0 bridgehead atoms. The minimum absolute atomic E-state index is 0.0311. The average molecular weight is 308 g/mol. The summed E-state index contributed by atoms with van der Waals surface area (Å²) in [5.41, 5.74) is 1.18. The van der Waals surface area contributed by atoms with Crippen LogP contribution in [-0.4, -0.2) is 28.6 Å². The number of nitrogens with one attached hydrogen (secondary N) is 1. The number of halogens is 1. The van der Waals surface area contributed by atoms with Gasteiger partial charge in [-0.25, -0.2) is 9.37 Å². The molecule has 21 heavy (non-hydrogen) atoms. The number of carbonyl (C=O) groups excluding carboxylic acids is 1. The minimum atomic E-state index is -0.278. The van der Waals surface area contributed by atoms with Crippen molar-refractivity contribution in [1.29, 1.82) is 0 Å². The van der Waals surface area contributed by atoms with Crippen LogP contribution in [-0.2, 0) is 6.42 Å². The van der Waals surface area contributed by atoms with Crippen molar-refractivity contribution in [1.82, 2.24) is 10.3 Å². The summed E-state index contributed by atoms with van der Waals surface area (Å²) in [5, 5.41) is 14.0. The first kappa shape index (κ1) is 15.6. The molecule has 2 rings (SSSR count). The zero-order valence-electron chi connectivity index (χ0n) is 11.7. The van der Waals surface area contributed by atoms with Crippen molar-refractivity contribution in [3.05, 3.63) is 51.7 Å². The van der Waals surface area contributed by atoms with E-state index in [-0.39, 0.29) is 24.4 Å². The number of benzene rings is 1. The quantitative estimate of drug-likeness (QED) is 0.861. The molecule has 1 atom stereocenters. The van der Waals surface area contributed by atoms with Crippen molar-refractivity contribution < 1.29 is 14.3 Å². The number of hydrogen-bond donors (Lipinski definition) is 2. The fraction of sp³-hybridized carbons (Fsp3) is 0.333. The summed E-state index contributed by atoms with van der Waals surface area (Å²) in [7, 11) is 0. The summed E-state index contributed by atoms with van der Waals surface area (Å²) in [4.78, 5) is 16.2. The number of amides is 1. The Morgan fingerprint density at radius 3 is 3.05 bits per heavy atom. The Morgan fingerprint density at radius 1 is 1.52 bits per heavy atom. The number of aromatic nitrogens is 1. The number of hydrogen-bond acceptors (Lipinski definition) is 4. The first-order valence-corrected chi connectivity index (χ1v) is 7.57. The van der Waals surface area contributed by atoms with Gasteiger partial charge in [-0.15, -0.1) is 11.3 Å². The number of aliphatic hydroxyl groups is 1. The number of nitrogens with zero attached hydrogens (tertiary/aromatic N) is 1. The van der Waals surface area contributed by atoms with E-state index in [1.807, 2.05) is 13.0 Å². The van der Waals surface area contributed by atoms with Crippen LogP contribution < -0.4 is 5.32 Å². The SMILES string of the molecule is CC(CCO)NC(=O)c1csc(Cc2cccc(F)c2)n1. The molecule has 1 heterocycles. The van der Waals surface area contributed by atoms with Crippen LogP contribution in [0.25, 0.3) is 0 Å². The van der Waals surface area contributed by atoms with Gasteiger partial charge in [-0.05, 0) is 31.0 Å². The molecule has 1 aromatic heterocycles. The van der Waals surface area contributed by atoms with E-state index < -0.39 is 0 Å². The lowest BCUT2D eigenvalue weighted by molar-refractivity contribution is 0.0930. The van der Waals surface area contributed by atoms with Gasteiger partial charge in [-0.1, -0.05) is 12.1 Å². The Kier molecular flexibility index (Phi) is 5.41. The van der Waals surface area contributed by atoms with Crippen LogP contribution in [0.4, 0.5) is 4.39 Å². The van der Waals surface area contributed by atoms with Crippen molar-refractivity contribution in [2.45, 2.75) is 25.8 Å². The van der Waals surface area contributed by atoms with Gasteiger partial charge in [0.15, 0.2) is 0 Å². The molecular weight excluding hydrogens is 291 g/mol. The van der Waals surface area contributed by atoms with Gasteiger partial charge >= 0.3 is 0 Å². The van der Waals surface area contributed by atoms with Crippen LogP contribution in [0, 0.1) is 5.82 Å². The van der Waals surface area contributed by atoms with Crippen LogP contribution in [0.2, 0.25) is 0 Å². The van der Waals surface area contributed by atoms with Gasteiger partial charge in [0.2, 0.25) is 0 Å². The zero-order valence-corrected chi connectivity index (χ0v) is 12.5. The lowest BCUT2D eigenvalue weighted by atomic mass is 10.1. The topological polar surface area (TPSA) is 62.2 Å². The Balaban J connectivity index is 1.99. The van der Waals surface area contributed by atoms with Crippen molar-refractivity contribution in [2.24, 2.45) is 0 Å². The van der Waals surface area contributed by atoms with Gasteiger partial charge in [-0.3, -0.25) is 4.79 Å². The molecule has 0 radical (unpaired) electrons. The third-order valence-electron chi connectivity index (χ3n) is 2.97. The highest BCUT2D eigenvalue weighted by molar-refractivity contribution is 7.09. The Morgan fingerprint density at radius 2 is 2.33 bits per heavy atom. The van der Waals surface area contributed by atoms with Crippen LogP contribution in [0.3, 0.4) is 0 Å². The molecule has 0 aliphatic rings. The maximum atomic E-state index is 13.1. The number of carbonyl (C=O) groups is 1. The molecule has 6 heteroatoms. The third kappa shape index (κ3) is 4.61. The Bertz CT molecular complexity index is 615. The fourth-order valence-electron chi connectivity index (χ4n) is 1.88. The minimum Gasteiger partial charge on any atom is -0.396 e. The van der Waals surface area contributed by atoms with Crippen LogP contribution >= 0.6 is 11.3 Å². The fourth-order valence-corrected chi connectivity index (χ4v) is 2.69. The first-order valence-electron chi connectivity index (χ1n) is 6.69. The molecular formula is C15H17FN2O2S. The van der Waals surface area contributed by atoms with E-state index in [1.54, 1.807) is 11.4 Å². The van der Waals surface area contributed by atoms with Gasteiger partial charge in [0.05, 0.1) is 5.01 Å². The highest BCUT2D eigenvalue weighted by Crippen LogP contribution is 2.15. The van der Waals surface area contributed by atoms with Crippen molar-refractivity contribution >= 4 is 17.2 Å². The van der Waals surface area contributed by atoms with Gasteiger partial charge in [0.1, 0.15) is 11.5 Å². The average Bonchev–Trinajstić information content (AvgIpc) is 2.87. The third-order valence-corrected chi connectivity index (χ3v) is 3.82. The molecule has 0 saturated carbocycles. The number of thiazole rings is 1. The maximum absolute atomic E-state index is 13.1. The number of aliphatic hydroxyl groups excluding tert-OH is 1. The summed E-state index contributed by atoms with van der Waals surface area (Å²) in [6.45, 7) is 1.86. The standard InChI is InChI=1S/C15H17FN2O2S/c1-10(5-6-19)17-15(20)13-9-21-14(18-13)8-11-3-2-4-12(16)7-11/h2-4,7,9-10,19H,5-6,8H2,1H3,(H,17,20). The van der Waals surface area contributed by atoms with E-state index in [2.05, 4.69) is 10.3 Å². The Labute approximate surface area is 126 Å². The number of rotatable bonds is 6. The Hall–Kier alpha value is -1.79. The van der Waals surface area contributed by atoms with Crippen LogP contribution in [0.15, 0.2) is 29.6 Å². The first-order chi connectivity index (χ1) is 10.1. The van der Waals surface area contributed by atoms with E-state index in [0.717, 1.165) is 10.6 Å². The molecule has 0 fully saturated rings.